The van der Waals surface area contributed by atoms with Crippen LogP contribution in [0.2, 0.25) is 0 Å². The number of hydrogen-bond donors (Lipinski definition) is 2. The van der Waals surface area contributed by atoms with E-state index in [1.807, 2.05) is 5.43 Å². The molecule has 4 heteroatoms. The lowest BCUT2D eigenvalue weighted by Gasteiger charge is -1.89. The van der Waals surface area contributed by atoms with Crippen LogP contribution in [0.3, 0.4) is 0 Å². The van der Waals surface area contributed by atoms with Crippen molar-refractivity contribution in [2.24, 2.45) is 5.10 Å². The smallest absolute Gasteiger partial charge is 0.227 e. The van der Waals surface area contributed by atoms with Gasteiger partial charge in [-0.2, -0.15) is 5.10 Å². The molecule has 4 nitrogen and oxygen atoms in total. The lowest BCUT2D eigenvalue weighted by molar-refractivity contribution is -0.109. The molecule has 0 aliphatic carbocycles. The van der Waals surface area contributed by atoms with Gasteiger partial charge in [0.15, 0.2) is 0 Å². The fourth-order valence-corrected chi connectivity index (χ4v) is 0.181. The van der Waals surface area contributed by atoms with Crippen molar-refractivity contribution in [2.75, 3.05) is 0 Å². The average Bonchev–Trinajstić information content (AvgIpc) is 1.66. The highest BCUT2D eigenvalue weighted by molar-refractivity contribution is 5.63. The molecule has 0 radical (unpaired) electrons. The Bertz CT molecular complexity index is 90.0. The molecule has 0 aliphatic rings. The van der Waals surface area contributed by atoms with Crippen LogP contribution in [0.1, 0.15) is 6.92 Å². The predicted octanol–water partition coefficient (Wildman–Crippen LogP) is -0.901. The largest absolute Gasteiger partial charge is 0.388 e. The van der Waals surface area contributed by atoms with Gasteiger partial charge in [0.25, 0.3) is 0 Å². The van der Waals surface area contributed by atoms with Gasteiger partial charge in [0, 0.05) is 0 Å². The van der Waals surface area contributed by atoms with Crippen LogP contribution < -0.4 is 5.43 Å². The van der Waals surface area contributed by atoms with E-state index in [-0.39, 0.29) is 0 Å². The first-order valence-electron chi connectivity index (χ1n) is 2.18. The Morgan fingerprint density at radius 1 is 1.88 bits per heavy atom. The number of rotatable bonds is 3. The second-order valence-corrected chi connectivity index (χ2v) is 1.27. The summed E-state index contributed by atoms with van der Waals surface area (Å²) >= 11 is 0. The standard InChI is InChI=1S/C4H8N2O2/c1-4(8)2-5-6-3-7/h2-4,8H,1H3,(H,6,7)/t4-/m0/s1. The van der Waals surface area contributed by atoms with Crippen LogP contribution in [-0.4, -0.2) is 23.8 Å². The minimum Gasteiger partial charge on any atom is -0.388 e. The number of nitrogens with one attached hydrogen (secondary N) is 1. The first-order chi connectivity index (χ1) is 3.77. The Morgan fingerprint density at radius 2 is 2.50 bits per heavy atom. The third-order valence-corrected chi connectivity index (χ3v) is 0.418. The van der Waals surface area contributed by atoms with Crippen molar-refractivity contribution in [2.45, 2.75) is 13.0 Å². The number of nitrogens with zero attached hydrogens (tertiary/aromatic N) is 1. The topological polar surface area (TPSA) is 61.7 Å². The minimum absolute atomic E-state index is 0.429. The van der Waals surface area contributed by atoms with Crippen molar-refractivity contribution in [3.05, 3.63) is 0 Å². The van der Waals surface area contributed by atoms with Crippen LogP contribution in [-0.2, 0) is 4.79 Å². The first kappa shape index (κ1) is 7.10. The van der Waals surface area contributed by atoms with Gasteiger partial charge in [-0.25, -0.2) is 5.43 Å². The van der Waals surface area contributed by atoms with Gasteiger partial charge < -0.3 is 5.11 Å². The summed E-state index contributed by atoms with van der Waals surface area (Å²) in [6.07, 6.45) is 1.04. The van der Waals surface area contributed by atoms with Crippen molar-refractivity contribution in [1.29, 1.82) is 0 Å². The summed E-state index contributed by atoms with van der Waals surface area (Å²) in [5.41, 5.74) is 2.01. The van der Waals surface area contributed by atoms with E-state index in [4.69, 9.17) is 5.11 Å². The zero-order chi connectivity index (χ0) is 6.41. The highest BCUT2D eigenvalue weighted by atomic mass is 16.3. The van der Waals surface area contributed by atoms with Gasteiger partial charge in [-0.1, -0.05) is 0 Å². The lowest BCUT2D eigenvalue weighted by atomic mass is 10.5. The van der Waals surface area contributed by atoms with Crippen LogP contribution in [0.15, 0.2) is 5.10 Å². The fraction of sp³-hybridized carbons (Fsp3) is 0.500. The molecule has 8 heavy (non-hydrogen) atoms. The average molecular weight is 116 g/mol. The highest BCUT2D eigenvalue weighted by Gasteiger charge is 1.82. The molecule has 0 saturated carbocycles. The van der Waals surface area contributed by atoms with Gasteiger partial charge in [-0.3, -0.25) is 4.79 Å². The molecule has 0 spiro atoms. The van der Waals surface area contributed by atoms with E-state index in [9.17, 15) is 4.79 Å². The zero-order valence-corrected chi connectivity index (χ0v) is 4.53. The van der Waals surface area contributed by atoms with Crippen LogP contribution in [0, 0.1) is 0 Å². The molecule has 0 aromatic rings. The van der Waals surface area contributed by atoms with E-state index < -0.39 is 6.10 Å². The van der Waals surface area contributed by atoms with Crippen molar-refractivity contribution >= 4 is 12.6 Å². The maximum absolute atomic E-state index is 9.48. The monoisotopic (exact) mass is 116 g/mol. The second kappa shape index (κ2) is 4.26. The molecular weight excluding hydrogens is 108 g/mol. The minimum atomic E-state index is -0.609. The molecule has 1 atom stereocenters. The van der Waals surface area contributed by atoms with Crippen LogP contribution in [0.25, 0.3) is 0 Å². The number of amides is 1. The Morgan fingerprint density at radius 3 is 2.88 bits per heavy atom. The molecule has 0 aliphatic heterocycles. The third kappa shape index (κ3) is 5.10. The summed E-state index contributed by atoms with van der Waals surface area (Å²) in [6.45, 7) is 1.54. The molecule has 0 unspecified atom stereocenters. The number of carbonyl (C=O) groups excluding carboxylic acids is 1. The molecule has 0 saturated heterocycles. The summed E-state index contributed by atoms with van der Waals surface area (Å²) < 4.78 is 0. The predicted molar refractivity (Wildman–Crippen MR) is 29.4 cm³/mol. The van der Waals surface area contributed by atoms with Gasteiger partial charge in [-0.15, -0.1) is 0 Å². The normalized spacial score (nSPS) is 13.8. The van der Waals surface area contributed by atoms with E-state index in [1.54, 1.807) is 0 Å². The van der Waals surface area contributed by atoms with Crippen molar-refractivity contribution < 1.29 is 9.90 Å². The fourth-order valence-electron chi connectivity index (χ4n) is 0.181. The molecule has 0 heterocycles. The van der Waals surface area contributed by atoms with Crippen molar-refractivity contribution in [3.8, 4) is 0 Å². The molecule has 0 aromatic heterocycles. The van der Waals surface area contributed by atoms with Gasteiger partial charge in [-0.05, 0) is 6.92 Å². The molecule has 0 bridgehead atoms. The van der Waals surface area contributed by atoms with Crippen LogP contribution >= 0.6 is 0 Å². The highest BCUT2D eigenvalue weighted by Crippen LogP contribution is 1.67. The Balaban J connectivity index is 3.19. The number of carbonyl (C=O) groups is 1. The summed E-state index contributed by atoms with van der Waals surface area (Å²) in [6, 6.07) is 0. The molecule has 46 valence electrons. The second-order valence-electron chi connectivity index (χ2n) is 1.27. The summed E-state index contributed by atoms with van der Waals surface area (Å²) in [7, 11) is 0. The van der Waals surface area contributed by atoms with Gasteiger partial charge in [0.1, 0.15) is 0 Å². The molecule has 0 rings (SSSR count). The lowest BCUT2D eigenvalue weighted by Crippen LogP contribution is -2.07. The molecule has 1 amide bonds. The van der Waals surface area contributed by atoms with Gasteiger partial charge >= 0.3 is 0 Å². The molecule has 2 N–H and O–H groups in total. The van der Waals surface area contributed by atoms with E-state index in [2.05, 4.69) is 5.10 Å². The molecule has 0 fully saturated rings. The SMILES string of the molecule is C[C@H](O)C=NNC=O. The number of hydrazone groups is 1. The number of aliphatic hydroxyl groups excluding tert-OH is 1. The van der Waals surface area contributed by atoms with Crippen molar-refractivity contribution in [3.63, 3.8) is 0 Å². The third-order valence-electron chi connectivity index (χ3n) is 0.418. The van der Waals surface area contributed by atoms with E-state index in [0.29, 0.717) is 6.41 Å². The summed E-state index contributed by atoms with van der Waals surface area (Å²) in [4.78, 5) is 9.48. The van der Waals surface area contributed by atoms with E-state index >= 15 is 0 Å². The zero-order valence-electron chi connectivity index (χ0n) is 4.53. The molecule has 0 aromatic carbocycles. The number of aliphatic hydroxyl groups is 1. The van der Waals surface area contributed by atoms with Crippen molar-refractivity contribution in [1.82, 2.24) is 5.43 Å². The van der Waals surface area contributed by atoms with E-state index in [1.165, 1.54) is 13.1 Å². The van der Waals surface area contributed by atoms with Crippen LogP contribution in [0.4, 0.5) is 0 Å². The maximum atomic E-state index is 9.48. The summed E-state index contributed by atoms with van der Waals surface area (Å²) in [5.74, 6) is 0. The quantitative estimate of drug-likeness (QED) is 0.285. The van der Waals surface area contributed by atoms with Crippen LogP contribution in [0.5, 0.6) is 0 Å². The van der Waals surface area contributed by atoms with E-state index in [0.717, 1.165) is 0 Å². The molecular formula is C4H8N2O2. The van der Waals surface area contributed by atoms with Gasteiger partial charge in [0.2, 0.25) is 6.41 Å². The summed E-state index contributed by atoms with van der Waals surface area (Å²) in [5, 5.41) is 11.8. The first-order valence-corrected chi connectivity index (χ1v) is 2.18. The Hall–Kier alpha value is -0.900. The number of hydrogen-bond acceptors (Lipinski definition) is 3. The Kier molecular flexibility index (Phi) is 3.78. The Labute approximate surface area is 47.2 Å². The van der Waals surface area contributed by atoms with Gasteiger partial charge in [0.05, 0.1) is 12.3 Å². The maximum Gasteiger partial charge on any atom is 0.227 e.